The van der Waals surface area contributed by atoms with Crippen LogP contribution in [-0.2, 0) is 0 Å². The first-order valence-corrected chi connectivity index (χ1v) is 28.8. The highest BCUT2D eigenvalue weighted by molar-refractivity contribution is 7.15. The third-order valence-corrected chi connectivity index (χ3v) is 23.0. The minimum atomic E-state index is -2.79. The fraction of sp³-hybridized carbons (Fsp3) is 0.436. The molecule has 230 valence electrons. The first-order valence-electron chi connectivity index (χ1n) is 16.3. The Morgan fingerprint density at radius 2 is 0.767 bits per heavy atom. The summed E-state index contributed by atoms with van der Waals surface area (Å²) in [5, 5.41) is 9.49. The second-order valence-electron chi connectivity index (χ2n) is 16.9. The van der Waals surface area contributed by atoms with Crippen LogP contribution < -0.4 is 31.1 Å². The molecule has 0 heterocycles. The number of benzene rings is 3. The fourth-order valence-electron chi connectivity index (χ4n) is 7.48. The van der Waals surface area contributed by atoms with Gasteiger partial charge in [-0.05, 0) is 62.7 Å². The van der Waals surface area contributed by atoms with Gasteiger partial charge in [0, 0.05) is 5.04 Å². The highest BCUT2D eigenvalue weighted by Crippen LogP contribution is 2.53. The van der Waals surface area contributed by atoms with E-state index in [1.165, 1.54) is 27.8 Å². The normalized spacial score (nSPS) is 18.4. The van der Waals surface area contributed by atoms with Crippen molar-refractivity contribution >= 4 is 63.4 Å². The Hall–Kier alpha value is -1.99. The second kappa shape index (κ2) is 11.1. The standard InChI is InChI=1S/C39H58Si4/c1-27-17-20-33(40(8,9)10)23-36(27)43(39(7)26-30(4)31(5)32(39)6,37-24-34(41(11,12)13)21-18-28(37)2)38-25-35(42(14,15)16)22-19-29(38)3/h17-26H,1-16H3. The number of hydrogen-bond acceptors (Lipinski definition) is 0. The fourth-order valence-corrected chi connectivity index (χ4v) is 18.3. The molecule has 0 saturated carbocycles. The molecule has 4 heteroatoms. The van der Waals surface area contributed by atoms with E-state index in [2.05, 4.69) is 168 Å². The summed E-state index contributed by atoms with van der Waals surface area (Å²) in [4.78, 5) is 0. The maximum Gasteiger partial charge on any atom is 0.162 e. The second-order valence-corrected chi connectivity index (χ2v) is 36.3. The minimum absolute atomic E-state index is 0.102. The number of rotatable bonds is 7. The minimum Gasteiger partial charge on any atom is -0.0730 e. The van der Waals surface area contributed by atoms with Crippen molar-refractivity contribution in [3.05, 3.63) is 94.1 Å². The monoisotopic (exact) mass is 638 g/mol. The van der Waals surface area contributed by atoms with E-state index in [4.69, 9.17) is 0 Å². The molecule has 0 N–H and O–H groups in total. The van der Waals surface area contributed by atoms with Gasteiger partial charge >= 0.3 is 0 Å². The van der Waals surface area contributed by atoms with Crippen LogP contribution in [0.4, 0.5) is 0 Å². The molecular formula is C39H58Si4. The molecule has 0 fully saturated rings. The van der Waals surface area contributed by atoms with Crippen molar-refractivity contribution < 1.29 is 0 Å². The van der Waals surface area contributed by atoms with Crippen LogP contribution in [0.25, 0.3) is 0 Å². The smallest absolute Gasteiger partial charge is 0.0730 e. The SMILES string of the molecule is CC1=CC(C)([Si](c2cc([Si](C)(C)C)ccc2C)(c2cc([Si](C)(C)C)ccc2C)c2cc([Si](C)(C)C)ccc2C)C(C)=C1C. The van der Waals surface area contributed by atoms with Crippen LogP contribution in [0, 0.1) is 20.8 Å². The molecule has 3 aromatic rings. The number of hydrogen-bond donors (Lipinski definition) is 0. The van der Waals surface area contributed by atoms with Gasteiger partial charge in [0.1, 0.15) is 0 Å². The molecule has 43 heavy (non-hydrogen) atoms. The first-order chi connectivity index (χ1) is 19.6. The van der Waals surface area contributed by atoms with Gasteiger partial charge in [-0.25, -0.2) is 0 Å². The Balaban J connectivity index is 2.42. The van der Waals surface area contributed by atoms with Gasteiger partial charge in [-0.2, -0.15) is 0 Å². The lowest BCUT2D eigenvalue weighted by Crippen LogP contribution is -2.76. The van der Waals surface area contributed by atoms with Gasteiger partial charge in [0.05, 0.1) is 24.2 Å². The summed E-state index contributed by atoms with van der Waals surface area (Å²) in [6.07, 6.45) is 2.70. The Morgan fingerprint density at radius 1 is 0.465 bits per heavy atom. The van der Waals surface area contributed by atoms with Crippen molar-refractivity contribution in [1.82, 2.24) is 0 Å². The zero-order valence-corrected chi connectivity index (χ0v) is 34.3. The molecular weight excluding hydrogens is 581 g/mol. The molecule has 0 amide bonds. The predicted octanol–water partition coefficient (Wildman–Crippen LogP) is 7.77. The van der Waals surface area contributed by atoms with Crippen LogP contribution >= 0.6 is 0 Å². The van der Waals surface area contributed by atoms with Crippen molar-refractivity contribution in [2.75, 3.05) is 0 Å². The number of allylic oxidation sites excluding steroid dienone is 4. The maximum atomic E-state index is 2.71. The zero-order chi connectivity index (χ0) is 32.5. The summed E-state index contributed by atoms with van der Waals surface area (Å²) in [6.45, 7) is 39.6. The third kappa shape index (κ3) is 5.66. The van der Waals surface area contributed by atoms with Crippen molar-refractivity contribution in [2.24, 2.45) is 0 Å². The highest BCUT2D eigenvalue weighted by atomic mass is 28.3. The Bertz CT molecular complexity index is 1480. The van der Waals surface area contributed by atoms with Crippen molar-refractivity contribution in [3.8, 4) is 0 Å². The molecule has 0 spiro atoms. The van der Waals surface area contributed by atoms with Gasteiger partial charge in [-0.3, -0.25) is 0 Å². The van der Waals surface area contributed by atoms with Crippen LogP contribution in [0.2, 0.25) is 64.0 Å². The molecule has 1 atom stereocenters. The molecule has 1 aliphatic carbocycles. The molecule has 4 rings (SSSR count). The molecule has 0 aromatic heterocycles. The van der Waals surface area contributed by atoms with Crippen molar-refractivity contribution in [3.63, 3.8) is 0 Å². The van der Waals surface area contributed by atoms with E-state index >= 15 is 0 Å². The van der Waals surface area contributed by atoms with Crippen LogP contribution in [0.15, 0.2) is 77.4 Å². The van der Waals surface area contributed by atoms with Gasteiger partial charge in [0.25, 0.3) is 0 Å². The van der Waals surface area contributed by atoms with Crippen LogP contribution in [0.5, 0.6) is 0 Å². The van der Waals surface area contributed by atoms with E-state index in [9.17, 15) is 0 Å². The number of aryl methyl sites for hydroxylation is 3. The predicted molar refractivity (Wildman–Crippen MR) is 208 cm³/mol. The summed E-state index contributed by atoms with van der Waals surface area (Å²) in [7, 11) is -7.52. The lowest BCUT2D eigenvalue weighted by molar-refractivity contribution is 0.869. The van der Waals surface area contributed by atoms with Crippen molar-refractivity contribution in [1.29, 1.82) is 0 Å². The van der Waals surface area contributed by atoms with Crippen molar-refractivity contribution in [2.45, 2.75) is 112 Å². The summed E-state index contributed by atoms with van der Waals surface area (Å²) in [5.41, 5.74) is 8.85. The molecule has 0 nitrogen and oxygen atoms in total. The summed E-state index contributed by atoms with van der Waals surface area (Å²) in [5.74, 6) is 0. The van der Waals surface area contributed by atoms with Gasteiger partial charge in [-0.1, -0.05) is 170 Å². The van der Waals surface area contributed by atoms with E-state index in [1.54, 1.807) is 36.7 Å². The van der Waals surface area contributed by atoms with E-state index in [-0.39, 0.29) is 5.04 Å². The van der Waals surface area contributed by atoms with Crippen LogP contribution in [0.1, 0.15) is 44.4 Å². The van der Waals surface area contributed by atoms with Crippen LogP contribution in [-0.4, -0.2) is 32.3 Å². The summed E-state index contributed by atoms with van der Waals surface area (Å²) in [6, 6.07) is 22.9. The largest absolute Gasteiger partial charge is 0.162 e. The molecule has 1 unspecified atom stereocenters. The quantitative estimate of drug-likeness (QED) is 0.183. The van der Waals surface area contributed by atoms with E-state index in [0.29, 0.717) is 0 Å². The van der Waals surface area contributed by atoms with Gasteiger partial charge in [0.15, 0.2) is 8.07 Å². The first kappa shape index (κ1) is 33.9. The average Bonchev–Trinajstić information content (AvgIpc) is 3.08. The van der Waals surface area contributed by atoms with Gasteiger partial charge in [-0.15, -0.1) is 0 Å². The highest BCUT2D eigenvalue weighted by Gasteiger charge is 2.58. The summed E-state index contributed by atoms with van der Waals surface area (Å²) < 4.78 is 0. The molecule has 3 aromatic carbocycles. The Kier molecular flexibility index (Phi) is 8.76. The van der Waals surface area contributed by atoms with Gasteiger partial charge in [0.2, 0.25) is 0 Å². The topological polar surface area (TPSA) is 0 Å². The van der Waals surface area contributed by atoms with E-state index < -0.39 is 32.3 Å². The lowest BCUT2D eigenvalue weighted by Gasteiger charge is -2.50. The summed E-state index contributed by atoms with van der Waals surface area (Å²) >= 11 is 0. The zero-order valence-electron chi connectivity index (χ0n) is 30.3. The Morgan fingerprint density at radius 3 is 1.00 bits per heavy atom. The average molecular weight is 639 g/mol. The van der Waals surface area contributed by atoms with Crippen LogP contribution in [0.3, 0.4) is 0 Å². The van der Waals surface area contributed by atoms with E-state index in [1.807, 2.05) is 0 Å². The Labute approximate surface area is 268 Å². The molecule has 1 aliphatic rings. The van der Waals surface area contributed by atoms with E-state index in [0.717, 1.165) is 0 Å². The maximum absolute atomic E-state index is 2.79. The lowest BCUT2D eigenvalue weighted by atomic mass is 10.0. The molecule has 0 aliphatic heterocycles. The van der Waals surface area contributed by atoms with Gasteiger partial charge < -0.3 is 0 Å². The molecule has 0 bridgehead atoms. The molecule has 0 radical (unpaired) electrons. The third-order valence-electron chi connectivity index (χ3n) is 10.7. The molecule has 0 saturated heterocycles.